The van der Waals surface area contributed by atoms with Crippen LogP contribution in [0, 0.1) is 0 Å². The normalized spacial score (nSPS) is 12.9. The number of hydrogen-bond acceptors (Lipinski definition) is 0. The maximum atomic E-state index is 12.5. The average molecular weight is 510 g/mol. The van der Waals surface area contributed by atoms with Gasteiger partial charge in [-0.05, 0) is 0 Å². The SMILES string of the molecule is FC(F)=C(F)/C(F)=C(F)/C(F)=C(\F)C(F)=C(F)F.FC(F)=C(F)/C(F)=C(\F)C(F)=C(F)F. The van der Waals surface area contributed by atoms with Crippen LogP contribution in [0.25, 0.3) is 0 Å². The third-order valence-corrected chi connectivity index (χ3v) is 2.21. The van der Waals surface area contributed by atoms with Gasteiger partial charge in [0.25, 0.3) is 0 Å². The minimum absolute atomic E-state index is 3.02. The molecule has 0 atom stereocenters. The molecule has 0 aliphatic rings. The lowest BCUT2D eigenvalue weighted by Gasteiger charge is -1.98. The van der Waals surface area contributed by atoms with E-state index in [2.05, 4.69) is 0 Å². The zero-order valence-corrected chi connectivity index (χ0v) is 13.8. The third-order valence-electron chi connectivity index (χ3n) is 2.21. The zero-order chi connectivity index (χ0) is 26.1. The first-order chi connectivity index (χ1) is 14.4. The Kier molecular flexibility index (Phi) is 13.0. The molecule has 0 saturated carbocycles. The fourth-order valence-corrected chi connectivity index (χ4v) is 0.910. The summed E-state index contributed by atoms with van der Waals surface area (Å²) in [6, 6.07) is 0. The number of rotatable bonds is 5. The van der Waals surface area contributed by atoms with Crippen LogP contribution in [0.4, 0.5) is 79.0 Å². The molecule has 0 aromatic rings. The summed E-state index contributed by atoms with van der Waals surface area (Å²) in [4.78, 5) is 0. The van der Waals surface area contributed by atoms with Crippen LogP contribution in [0.2, 0.25) is 0 Å². The van der Waals surface area contributed by atoms with Gasteiger partial charge in [-0.2, -0.15) is 52.7 Å². The Bertz CT molecular complexity index is 849. The van der Waals surface area contributed by atoms with E-state index < -0.39 is 82.6 Å². The van der Waals surface area contributed by atoms with Crippen molar-refractivity contribution in [1.82, 2.24) is 0 Å². The van der Waals surface area contributed by atoms with Crippen LogP contribution >= 0.6 is 0 Å². The second kappa shape index (κ2) is 13.4. The Morgan fingerprint density at radius 3 is 0.344 bits per heavy atom. The molecule has 0 nitrogen and oxygen atoms in total. The lowest BCUT2D eigenvalue weighted by atomic mass is 10.3. The van der Waals surface area contributed by atoms with E-state index in [0.29, 0.717) is 0 Å². The number of hydrogen-bond donors (Lipinski definition) is 0. The summed E-state index contributed by atoms with van der Waals surface area (Å²) in [6.07, 6.45) is -13.4. The molecule has 0 aliphatic heterocycles. The van der Waals surface area contributed by atoms with E-state index in [1.54, 1.807) is 0 Å². The van der Waals surface area contributed by atoms with Gasteiger partial charge in [-0.15, -0.1) is 0 Å². The third kappa shape index (κ3) is 8.96. The summed E-state index contributed by atoms with van der Waals surface area (Å²) >= 11 is 0. The van der Waals surface area contributed by atoms with Crippen molar-refractivity contribution >= 4 is 0 Å². The molecule has 182 valence electrons. The largest absolute Gasteiger partial charge is 0.308 e. The predicted octanol–water partition coefficient (Wildman–Crippen LogP) is 9.73. The van der Waals surface area contributed by atoms with E-state index >= 15 is 0 Å². The van der Waals surface area contributed by atoms with Gasteiger partial charge >= 0.3 is 24.3 Å². The van der Waals surface area contributed by atoms with E-state index in [4.69, 9.17) is 0 Å². The molecule has 0 heterocycles. The molecule has 0 radical (unpaired) electrons. The Morgan fingerprint density at radius 1 is 0.156 bits per heavy atom. The van der Waals surface area contributed by atoms with Crippen molar-refractivity contribution in [2.24, 2.45) is 0 Å². The molecule has 0 unspecified atom stereocenters. The lowest BCUT2D eigenvalue weighted by Crippen LogP contribution is -1.90. The van der Waals surface area contributed by atoms with Crippen LogP contribution in [0.1, 0.15) is 0 Å². The summed E-state index contributed by atoms with van der Waals surface area (Å²) in [5.41, 5.74) is 0. The van der Waals surface area contributed by atoms with Gasteiger partial charge in [0, 0.05) is 0 Å². The second-order valence-electron chi connectivity index (χ2n) is 4.18. The minimum atomic E-state index is -3.41. The van der Waals surface area contributed by atoms with Gasteiger partial charge in [-0.25, -0.2) is 26.3 Å². The molecule has 0 saturated heterocycles. The highest BCUT2D eigenvalue weighted by atomic mass is 19.3. The maximum absolute atomic E-state index is 12.5. The van der Waals surface area contributed by atoms with Gasteiger partial charge in [0.2, 0.25) is 58.3 Å². The van der Waals surface area contributed by atoms with Gasteiger partial charge in [-0.1, -0.05) is 0 Å². The molecule has 0 rings (SSSR count). The fraction of sp³-hybridized carbons (Fsp3) is 0. The Hall–Kier alpha value is -3.08. The molecule has 0 spiro atoms. The highest BCUT2D eigenvalue weighted by Crippen LogP contribution is 2.33. The Balaban J connectivity index is 0. The molecule has 0 amide bonds. The minimum Gasteiger partial charge on any atom is -0.200 e. The monoisotopic (exact) mass is 510 g/mol. The van der Waals surface area contributed by atoms with Gasteiger partial charge in [-0.3, -0.25) is 0 Å². The fourth-order valence-electron chi connectivity index (χ4n) is 0.910. The summed E-state index contributed by atoms with van der Waals surface area (Å²) in [7, 11) is 0. The molecule has 0 aliphatic carbocycles. The van der Waals surface area contributed by atoms with E-state index in [-0.39, 0.29) is 0 Å². The van der Waals surface area contributed by atoms with Crippen LogP contribution in [-0.4, -0.2) is 0 Å². The van der Waals surface area contributed by atoms with Crippen molar-refractivity contribution in [2.75, 3.05) is 0 Å². The van der Waals surface area contributed by atoms with Crippen LogP contribution in [-0.2, 0) is 0 Å². The molecule has 0 aromatic carbocycles. The van der Waals surface area contributed by atoms with Crippen LogP contribution in [0.3, 0.4) is 0 Å². The van der Waals surface area contributed by atoms with Crippen molar-refractivity contribution in [3.8, 4) is 0 Å². The van der Waals surface area contributed by atoms with Crippen LogP contribution in [0.5, 0.6) is 0 Å². The first kappa shape index (κ1) is 31.1. The summed E-state index contributed by atoms with van der Waals surface area (Å²) in [5, 5.41) is 0. The summed E-state index contributed by atoms with van der Waals surface area (Å²) < 4.78 is 212. The van der Waals surface area contributed by atoms with Crippen molar-refractivity contribution in [2.45, 2.75) is 0 Å². The first-order valence-corrected chi connectivity index (χ1v) is 6.40. The van der Waals surface area contributed by atoms with Crippen molar-refractivity contribution in [3.05, 3.63) is 82.6 Å². The highest BCUT2D eigenvalue weighted by Gasteiger charge is 2.26. The van der Waals surface area contributed by atoms with Gasteiger partial charge in [0.15, 0.2) is 0 Å². The molecular formula is C14F18. The highest BCUT2D eigenvalue weighted by molar-refractivity contribution is 5.37. The molecule has 18 heteroatoms. The van der Waals surface area contributed by atoms with E-state index in [9.17, 15) is 79.0 Å². The molecule has 0 bridgehead atoms. The molecular weight excluding hydrogens is 510 g/mol. The number of halogens is 18. The standard InChI is InChI=1S/C8F10.C6F8/c9-1(3(11)5(13)7(15)16)2(10)4(12)6(14)8(17)18;7-1(3(9)5(11)12)2(8)4(10)6(13)14/b3-1+,4-2+;2-1+. The topological polar surface area (TPSA) is 0 Å². The van der Waals surface area contributed by atoms with Crippen molar-refractivity contribution < 1.29 is 79.0 Å². The summed E-state index contributed by atoms with van der Waals surface area (Å²) in [6.45, 7) is 0. The van der Waals surface area contributed by atoms with Gasteiger partial charge in [0.05, 0.1) is 0 Å². The molecule has 0 aromatic heterocycles. The molecule has 0 fully saturated rings. The maximum Gasteiger partial charge on any atom is 0.308 e. The van der Waals surface area contributed by atoms with E-state index in [0.717, 1.165) is 0 Å². The zero-order valence-electron chi connectivity index (χ0n) is 13.8. The van der Waals surface area contributed by atoms with Gasteiger partial charge < -0.3 is 0 Å². The lowest BCUT2D eigenvalue weighted by molar-refractivity contribution is 0.351. The molecule has 0 N–H and O–H groups in total. The van der Waals surface area contributed by atoms with Crippen molar-refractivity contribution in [3.63, 3.8) is 0 Å². The average Bonchev–Trinajstić information content (AvgIpc) is 2.73. The number of allylic oxidation sites excluding steroid dienone is 10. The van der Waals surface area contributed by atoms with E-state index in [1.165, 1.54) is 0 Å². The molecule has 32 heavy (non-hydrogen) atoms. The van der Waals surface area contributed by atoms with E-state index in [1.807, 2.05) is 0 Å². The summed E-state index contributed by atoms with van der Waals surface area (Å²) in [5.74, 6) is -31.3. The predicted molar refractivity (Wildman–Crippen MR) is 69.1 cm³/mol. The van der Waals surface area contributed by atoms with Gasteiger partial charge in [0.1, 0.15) is 0 Å². The first-order valence-electron chi connectivity index (χ1n) is 6.40. The Labute approximate surface area is 163 Å². The second-order valence-corrected chi connectivity index (χ2v) is 4.18. The van der Waals surface area contributed by atoms with Crippen LogP contribution < -0.4 is 0 Å². The van der Waals surface area contributed by atoms with Crippen LogP contribution in [0.15, 0.2) is 82.6 Å². The smallest absolute Gasteiger partial charge is 0.200 e. The van der Waals surface area contributed by atoms with Crippen molar-refractivity contribution in [1.29, 1.82) is 0 Å². The Morgan fingerprint density at radius 2 is 0.250 bits per heavy atom. The quantitative estimate of drug-likeness (QED) is 0.255.